The second kappa shape index (κ2) is 6.52. The van der Waals surface area contributed by atoms with Crippen molar-refractivity contribution in [3.05, 3.63) is 24.3 Å². The fourth-order valence-corrected chi connectivity index (χ4v) is 2.28. The van der Waals surface area contributed by atoms with Gasteiger partial charge in [0, 0.05) is 6.54 Å². The van der Waals surface area contributed by atoms with Crippen molar-refractivity contribution >= 4 is 11.6 Å². The van der Waals surface area contributed by atoms with Crippen LogP contribution >= 0.6 is 0 Å². The number of hydrogen-bond donors (Lipinski definition) is 1. The van der Waals surface area contributed by atoms with Crippen LogP contribution in [0.15, 0.2) is 24.3 Å². The van der Waals surface area contributed by atoms with Crippen molar-refractivity contribution in [2.24, 2.45) is 0 Å². The van der Waals surface area contributed by atoms with Gasteiger partial charge in [-0.1, -0.05) is 12.1 Å². The SMILES string of the molecule is COc1ccccc1NC(=O)CN1CCCC(F)C1. The number of amides is 1. The van der Waals surface area contributed by atoms with Crippen LogP contribution in [0.5, 0.6) is 5.75 Å². The summed E-state index contributed by atoms with van der Waals surface area (Å²) in [4.78, 5) is 13.8. The van der Waals surface area contributed by atoms with E-state index in [1.165, 1.54) is 0 Å². The van der Waals surface area contributed by atoms with Gasteiger partial charge in [-0.3, -0.25) is 9.69 Å². The molecule has 1 aliphatic heterocycles. The normalized spacial score (nSPS) is 20.0. The first-order chi connectivity index (χ1) is 9.19. The van der Waals surface area contributed by atoms with Crippen LogP contribution in [-0.2, 0) is 4.79 Å². The Morgan fingerprint density at radius 3 is 3.05 bits per heavy atom. The van der Waals surface area contributed by atoms with Crippen LogP contribution in [0.3, 0.4) is 0 Å². The lowest BCUT2D eigenvalue weighted by Crippen LogP contribution is -2.41. The molecule has 1 N–H and O–H groups in total. The minimum atomic E-state index is -0.812. The largest absolute Gasteiger partial charge is 0.495 e. The summed E-state index contributed by atoms with van der Waals surface area (Å²) in [7, 11) is 1.56. The number of likely N-dealkylation sites (tertiary alicyclic amines) is 1. The number of methoxy groups -OCH3 is 1. The third-order valence-corrected chi connectivity index (χ3v) is 3.20. The first-order valence-corrected chi connectivity index (χ1v) is 6.48. The number of halogens is 1. The smallest absolute Gasteiger partial charge is 0.238 e. The molecule has 5 heteroatoms. The highest BCUT2D eigenvalue weighted by Gasteiger charge is 2.21. The van der Waals surface area contributed by atoms with Crippen molar-refractivity contribution in [1.82, 2.24) is 4.90 Å². The predicted octanol–water partition coefficient (Wildman–Crippen LogP) is 2.07. The summed E-state index contributed by atoms with van der Waals surface area (Å²) < 4.78 is 18.4. The van der Waals surface area contributed by atoms with Gasteiger partial charge in [-0.2, -0.15) is 0 Å². The molecule has 0 radical (unpaired) electrons. The number of piperidine rings is 1. The molecule has 1 saturated heterocycles. The topological polar surface area (TPSA) is 41.6 Å². The Hall–Kier alpha value is -1.62. The number of alkyl halides is 1. The van der Waals surface area contributed by atoms with Crippen LogP contribution in [0.2, 0.25) is 0 Å². The van der Waals surface area contributed by atoms with E-state index in [4.69, 9.17) is 4.74 Å². The lowest BCUT2D eigenvalue weighted by Gasteiger charge is -2.28. The van der Waals surface area contributed by atoms with Gasteiger partial charge in [0.15, 0.2) is 0 Å². The number of para-hydroxylation sites is 2. The number of anilines is 1. The Morgan fingerprint density at radius 1 is 1.53 bits per heavy atom. The summed E-state index contributed by atoms with van der Waals surface area (Å²) in [5.74, 6) is 0.483. The Labute approximate surface area is 112 Å². The molecule has 4 nitrogen and oxygen atoms in total. The quantitative estimate of drug-likeness (QED) is 0.907. The van der Waals surface area contributed by atoms with Crippen LogP contribution in [0.4, 0.5) is 10.1 Å². The molecule has 19 heavy (non-hydrogen) atoms. The third kappa shape index (κ3) is 3.92. The number of benzene rings is 1. The Morgan fingerprint density at radius 2 is 2.32 bits per heavy atom. The average molecular weight is 266 g/mol. The first-order valence-electron chi connectivity index (χ1n) is 6.48. The van der Waals surface area contributed by atoms with Crippen LogP contribution in [0.25, 0.3) is 0 Å². The summed E-state index contributed by atoms with van der Waals surface area (Å²) in [6, 6.07) is 7.24. The molecule has 1 aromatic rings. The number of nitrogens with zero attached hydrogens (tertiary/aromatic N) is 1. The fourth-order valence-electron chi connectivity index (χ4n) is 2.28. The lowest BCUT2D eigenvalue weighted by molar-refractivity contribution is -0.117. The van der Waals surface area contributed by atoms with Gasteiger partial charge in [0.2, 0.25) is 5.91 Å². The summed E-state index contributed by atoms with van der Waals surface area (Å²) in [5.41, 5.74) is 0.642. The molecule has 2 rings (SSSR count). The van der Waals surface area contributed by atoms with E-state index in [0.29, 0.717) is 24.4 Å². The highest BCUT2D eigenvalue weighted by molar-refractivity contribution is 5.93. The number of ether oxygens (including phenoxy) is 1. The molecule has 1 amide bonds. The van der Waals surface area contributed by atoms with E-state index in [1.807, 2.05) is 17.0 Å². The van der Waals surface area contributed by atoms with Gasteiger partial charge in [-0.15, -0.1) is 0 Å². The van der Waals surface area contributed by atoms with E-state index in [1.54, 1.807) is 19.2 Å². The van der Waals surface area contributed by atoms with Crippen molar-refractivity contribution in [2.75, 3.05) is 32.1 Å². The molecule has 0 bridgehead atoms. The average Bonchev–Trinajstić information content (AvgIpc) is 2.39. The van der Waals surface area contributed by atoms with Crippen LogP contribution in [0, 0.1) is 0 Å². The summed E-state index contributed by atoms with van der Waals surface area (Å²) >= 11 is 0. The van der Waals surface area contributed by atoms with Gasteiger partial charge in [-0.05, 0) is 31.5 Å². The molecule has 1 unspecified atom stereocenters. The number of nitrogens with one attached hydrogen (secondary N) is 1. The van der Waals surface area contributed by atoms with Gasteiger partial charge < -0.3 is 10.1 Å². The number of hydrogen-bond acceptors (Lipinski definition) is 3. The Kier molecular flexibility index (Phi) is 4.74. The molecule has 0 spiro atoms. The molecule has 0 aliphatic carbocycles. The van der Waals surface area contributed by atoms with Gasteiger partial charge in [0.05, 0.1) is 19.3 Å². The minimum Gasteiger partial charge on any atom is -0.495 e. The second-order valence-corrected chi connectivity index (χ2v) is 4.72. The monoisotopic (exact) mass is 266 g/mol. The standard InChI is InChI=1S/C14H19FN2O2/c1-19-13-7-3-2-6-12(13)16-14(18)10-17-8-4-5-11(15)9-17/h2-3,6-7,11H,4-5,8-10H2,1H3,(H,16,18). The maximum Gasteiger partial charge on any atom is 0.238 e. The van der Waals surface area contributed by atoms with Crippen LogP contribution < -0.4 is 10.1 Å². The zero-order valence-electron chi connectivity index (χ0n) is 11.1. The summed E-state index contributed by atoms with van der Waals surface area (Å²) in [6.45, 7) is 1.34. The van der Waals surface area contributed by atoms with Crippen molar-refractivity contribution < 1.29 is 13.9 Å². The van der Waals surface area contributed by atoms with Gasteiger partial charge in [0.1, 0.15) is 11.9 Å². The first kappa shape index (κ1) is 13.8. The fraction of sp³-hybridized carbons (Fsp3) is 0.500. The molecule has 1 aromatic carbocycles. The van der Waals surface area contributed by atoms with E-state index in [9.17, 15) is 9.18 Å². The molecular formula is C14H19FN2O2. The van der Waals surface area contributed by atoms with E-state index in [2.05, 4.69) is 5.32 Å². The van der Waals surface area contributed by atoms with E-state index >= 15 is 0 Å². The van der Waals surface area contributed by atoms with E-state index in [0.717, 1.165) is 13.0 Å². The van der Waals surface area contributed by atoms with Crippen molar-refractivity contribution in [3.63, 3.8) is 0 Å². The zero-order chi connectivity index (χ0) is 13.7. The van der Waals surface area contributed by atoms with Crippen LogP contribution in [0.1, 0.15) is 12.8 Å². The van der Waals surface area contributed by atoms with Crippen LogP contribution in [-0.4, -0.2) is 43.7 Å². The van der Waals surface area contributed by atoms with E-state index in [-0.39, 0.29) is 12.5 Å². The molecule has 104 valence electrons. The Bertz CT molecular complexity index is 439. The number of rotatable bonds is 4. The Balaban J connectivity index is 1.90. The molecule has 1 atom stereocenters. The maximum atomic E-state index is 13.2. The third-order valence-electron chi connectivity index (χ3n) is 3.20. The molecule has 1 heterocycles. The number of carbonyl (C=O) groups excluding carboxylic acids is 1. The second-order valence-electron chi connectivity index (χ2n) is 4.72. The van der Waals surface area contributed by atoms with Crippen molar-refractivity contribution in [2.45, 2.75) is 19.0 Å². The predicted molar refractivity (Wildman–Crippen MR) is 72.2 cm³/mol. The molecular weight excluding hydrogens is 247 g/mol. The number of carbonyl (C=O) groups is 1. The minimum absolute atomic E-state index is 0.140. The van der Waals surface area contributed by atoms with Gasteiger partial charge in [-0.25, -0.2) is 4.39 Å². The molecule has 1 aliphatic rings. The summed E-state index contributed by atoms with van der Waals surface area (Å²) in [6.07, 6.45) is 0.598. The van der Waals surface area contributed by atoms with E-state index < -0.39 is 6.17 Å². The lowest BCUT2D eigenvalue weighted by atomic mass is 10.1. The molecule has 0 aromatic heterocycles. The maximum absolute atomic E-state index is 13.2. The highest BCUT2D eigenvalue weighted by Crippen LogP contribution is 2.23. The van der Waals surface area contributed by atoms with Gasteiger partial charge >= 0.3 is 0 Å². The van der Waals surface area contributed by atoms with Gasteiger partial charge in [0.25, 0.3) is 0 Å². The highest BCUT2D eigenvalue weighted by atomic mass is 19.1. The van der Waals surface area contributed by atoms with Crippen molar-refractivity contribution in [1.29, 1.82) is 0 Å². The molecule has 1 fully saturated rings. The molecule has 0 saturated carbocycles. The van der Waals surface area contributed by atoms with Crippen molar-refractivity contribution in [3.8, 4) is 5.75 Å². The summed E-state index contributed by atoms with van der Waals surface area (Å²) in [5, 5.41) is 2.80. The zero-order valence-corrected chi connectivity index (χ0v) is 11.1.